The summed E-state index contributed by atoms with van der Waals surface area (Å²) in [7, 11) is 1.59. The summed E-state index contributed by atoms with van der Waals surface area (Å²) >= 11 is 0. The second kappa shape index (κ2) is 11.1. The molecule has 3 aliphatic heterocycles. The summed E-state index contributed by atoms with van der Waals surface area (Å²) in [6, 6.07) is 6.13. The van der Waals surface area contributed by atoms with Crippen LogP contribution in [0.2, 0.25) is 0 Å². The number of urea groups is 1. The summed E-state index contributed by atoms with van der Waals surface area (Å²) < 4.78 is 28.3. The van der Waals surface area contributed by atoms with Crippen LogP contribution in [0.3, 0.4) is 0 Å². The predicted octanol–water partition coefficient (Wildman–Crippen LogP) is 2.24. The van der Waals surface area contributed by atoms with E-state index in [9.17, 15) is 14.4 Å². The maximum atomic E-state index is 13.7. The van der Waals surface area contributed by atoms with Gasteiger partial charge in [-0.25, -0.2) is 14.6 Å². The van der Waals surface area contributed by atoms with E-state index in [-0.39, 0.29) is 25.7 Å². The number of amides is 3. The summed E-state index contributed by atoms with van der Waals surface area (Å²) in [6.45, 7) is 10.8. The van der Waals surface area contributed by atoms with Gasteiger partial charge in [0, 0.05) is 26.4 Å². The van der Waals surface area contributed by atoms with Crippen molar-refractivity contribution in [2.24, 2.45) is 4.99 Å². The topological polar surface area (TPSA) is 149 Å². The van der Waals surface area contributed by atoms with Crippen LogP contribution in [-0.4, -0.2) is 84.5 Å². The first-order valence-electron chi connectivity index (χ1n) is 13.3. The lowest BCUT2D eigenvalue weighted by molar-refractivity contribution is -0.158. The van der Waals surface area contributed by atoms with E-state index in [2.05, 4.69) is 16.0 Å². The Morgan fingerprint density at radius 2 is 1.90 bits per heavy atom. The van der Waals surface area contributed by atoms with Gasteiger partial charge >= 0.3 is 18.1 Å². The maximum absolute atomic E-state index is 13.7. The van der Waals surface area contributed by atoms with E-state index in [0.717, 1.165) is 5.56 Å². The largest absolute Gasteiger partial charge is 0.497 e. The molecule has 3 aliphatic rings. The van der Waals surface area contributed by atoms with E-state index < -0.39 is 53.4 Å². The van der Waals surface area contributed by atoms with Crippen LogP contribution in [0.1, 0.15) is 53.5 Å². The number of alkyl carbamates (subject to hydrolysis) is 1. The molecule has 3 heterocycles. The number of likely N-dealkylation sites (tertiary alicyclic amines) is 1. The molecule has 40 heavy (non-hydrogen) atoms. The highest BCUT2D eigenvalue weighted by molar-refractivity contribution is 5.96. The van der Waals surface area contributed by atoms with Crippen LogP contribution >= 0.6 is 0 Å². The number of aliphatic imine (C=N–C) groups is 1. The number of methoxy groups -OCH3 is 1. The van der Waals surface area contributed by atoms with Gasteiger partial charge in [0.2, 0.25) is 5.96 Å². The van der Waals surface area contributed by atoms with Gasteiger partial charge in [-0.3, -0.25) is 15.0 Å². The van der Waals surface area contributed by atoms with Crippen LogP contribution in [0, 0.1) is 0 Å². The Kier molecular flexibility index (Phi) is 8.18. The standard InChI is InChI=1S/C27H39N5O8/c1-16(33)38-20-12-13-32(23(34)28-14-17-8-10-18(36-7)11-9-17)27(20)21(19-15-37-26(5,6)39-19)29-22(31-27)30-24(35)40-25(2,3)4/h8-11,19-21H,12-15H2,1-7H3,(H,28,34)(H2,29,30,31,35)/t19-,20-,21+,27-/m1/s1. The van der Waals surface area contributed by atoms with Gasteiger partial charge in [0.05, 0.1) is 13.7 Å². The molecule has 13 heteroatoms. The van der Waals surface area contributed by atoms with Crippen LogP contribution < -0.4 is 20.7 Å². The van der Waals surface area contributed by atoms with Crippen LogP contribution in [0.4, 0.5) is 9.59 Å². The Labute approximate surface area is 233 Å². The van der Waals surface area contributed by atoms with Gasteiger partial charge in [0.15, 0.2) is 11.4 Å². The lowest BCUT2D eigenvalue weighted by Gasteiger charge is -2.43. The van der Waals surface area contributed by atoms with Crippen LogP contribution in [-0.2, 0) is 30.3 Å². The fraction of sp³-hybridized carbons (Fsp3) is 0.630. The Bertz CT molecular complexity index is 1150. The number of esters is 1. The van der Waals surface area contributed by atoms with Gasteiger partial charge in [-0.1, -0.05) is 12.1 Å². The number of benzene rings is 1. The lowest BCUT2D eigenvalue weighted by atomic mass is 9.91. The van der Waals surface area contributed by atoms with Gasteiger partial charge in [0.25, 0.3) is 0 Å². The molecule has 3 N–H and O–H groups in total. The fourth-order valence-corrected chi connectivity index (χ4v) is 5.19. The second-order valence-electron chi connectivity index (χ2n) is 11.4. The average Bonchev–Trinajstić information content (AvgIpc) is 3.51. The third kappa shape index (κ3) is 6.41. The van der Waals surface area contributed by atoms with E-state index in [1.54, 1.807) is 46.6 Å². The highest BCUT2D eigenvalue weighted by Gasteiger charge is 2.64. The normalized spacial score (nSPS) is 27.1. The number of ether oxygens (including phenoxy) is 5. The van der Waals surface area contributed by atoms with E-state index in [1.807, 2.05) is 24.3 Å². The monoisotopic (exact) mass is 561 g/mol. The highest BCUT2D eigenvalue weighted by Crippen LogP contribution is 2.41. The molecule has 0 unspecified atom stereocenters. The molecule has 13 nitrogen and oxygen atoms in total. The number of carbonyl (C=O) groups excluding carboxylic acids is 3. The van der Waals surface area contributed by atoms with Gasteiger partial charge in [-0.05, 0) is 52.3 Å². The molecule has 0 radical (unpaired) electrons. The summed E-state index contributed by atoms with van der Waals surface area (Å²) in [5.41, 5.74) is -1.24. The van der Waals surface area contributed by atoms with Gasteiger partial charge in [-0.15, -0.1) is 0 Å². The molecule has 0 aliphatic carbocycles. The summed E-state index contributed by atoms with van der Waals surface area (Å²) in [4.78, 5) is 44.8. The third-order valence-electron chi connectivity index (χ3n) is 6.75. The van der Waals surface area contributed by atoms with Crippen molar-refractivity contribution in [3.05, 3.63) is 29.8 Å². The molecule has 0 saturated carbocycles. The van der Waals surface area contributed by atoms with Crippen LogP contribution in [0.25, 0.3) is 0 Å². The summed E-state index contributed by atoms with van der Waals surface area (Å²) in [5, 5.41) is 8.79. The molecule has 3 amide bonds. The first kappa shape index (κ1) is 29.4. The molecule has 4 rings (SSSR count). The Balaban J connectivity index is 1.64. The molecule has 2 fully saturated rings. The number of guanidine groups is 1. The molecule has 4 atom stereocenters. The van der Waals surface area contributed by atoms with Crippen molar-refractivity contribution in [3.63, 3.8) is 0 Å². The van der Waals surface area contributed by atoms with Gasteiger partial charge in [0.1, 0.15) is 29.6 Å². The molecular formula is C27H39N5O8. The zero-order chi connectivity index (χ0) is 29.3. The second-order valence-corrected chi connectivity index (χ2v) is 11.4. The van der Waals surface area contributed by atoms with Gasteiger partial charge < -0.3 is 34.3 Å². The average molecular weight is 562 g/mol. The molecule has 220 valence electrons. The third-order valence-corrected chi connectivity index (χ3v) is 6.75. The van der Waals surface area contributed by atoms with Crippen molar-refractivity contribution < 1.29 is 38.1 Å². The minimum atomic E-state index is -1.37. The zero-order valence-electron chi connectivity index (χ0n) is 24.0. The fourth-order valence-electron chi connectivity index (χ4n) is 5.19. The van der Waals surface area contributed by atoms with Crippen molar-refractivity contribution in [2.75, 3.05) is 20.3 Å². The molecule has 1 spiro atoms. The number of hydrogen-bond acceptors (Lipinski definition) is 10. The molecule has 1 aromatic rings. The predicted molar refractivity (Wildman–Crippen MR) is 143 cm³/mol. The van der Waals surface area contributed by atoms with Crippen LogP contribution in [0.5, 0.6) is 5.75 Å². The zero-order valence-corrected chi connectivity index (χ0v) is 24.0. The van der Waals surface area contributed by atoms with Crippen molar-refractivity contribution in [2.45, 2.75) is 89.8 Å². The minimum absolute atomic E-state index is 0.0690. The molecule has 2 saturated heterocycles. The molecule has 0 aromatic heterocycles. The smallest absolute Gasteiger partial charge is 0.414 e. The molecular weight excluding hydrogens is 522 g/mol. The van der Waals surface area contributed by atoms with Crippen molar-refractivity contribution in [1.82, 2.24) is 20.9 Å². The summed E-state index contributed by atoms with van der Waals surface area (Å²) in [6.07, 6.45) is -1.80. The van der Waals surface area contributed by atoms with E-state index in [0.29, 0.717) is 12.2 Å². The Morgan fingerprint density at radius 3 is 2.48 bits per heavy atom. The molecule has 1 aromatic carbocycles. The number of nitrogens with one attached hydrogen (secondary N) is 3. The maximum Gasteiger partial charge on any atom is 0.414 e. The van der Waals surface area contributed by atoms with Crippen LogP contribution in [0.15, 0.2) is 29.3 Å². The van der Waals surface area contributed by atoms with E-state index in [1.165, 1.54) is 6.92 Å². The first-order chi connectivity index (χ1) is 18.7. The molecule has 0 bridgehead atoms. The van der Waals surface area contributed by atoms with E-state index >= 15 is 0 Å². The minimum Gasteiger partial charge on any atom is -0.497 e. The van der Waals surface area contributed by atoms with Crippen molar-refractivity contribution >= 4 is 24.1 Å². The number of hydrogen-bond donors (Lipinski definition) is 3. The Hall–Kier alpha value is -3.58. The quantitative estimate of drug-likeness (QED) is 0.460. The van der Waals surface area contributed by atoms with E-state index in [4.69, 9.17) is 28.7 Å². The van der Waals surface area contributed by atoms with Crippen molar-refractivity contribution in [1.29, 1.82) is 0 Å². The number of rotatable bonds is 5. The highest BCUT2D eigenvalue weighted by atomic mass is 16.7. The Morgan fingerprint density at radius 1 is 1.20 bits per heavy atom. The van der Waals surface area contributed by atoms with Crippen molar-refractivity contribution in [3.8, 4) is 5.75 Å². The van der Waals surface area contributed by atoms with Gasteiger partial charge in [-0.2, -0.15) is 0 Å². The SMILES string of the molecule is COc1ccc(CNC(=O)N2CC[C@@H](OC(C)=O)[C@@]23NC(NC(=O)OC(C)(C)C)=N[C@H]3[C@H]2COC(C)(C)O2)cc1. The first-order valence-corrected chi connectivity index (χ1v) is 13.3. The summed E-state index contributed by atoms with van der Waals surface area (Å²) in [5.74, 6) is -0.623. The number of nitrogens with zero attached hydrogens (tertiary/aromatic N) is 2. The number of carbonyl (C=O) groups is 3. The lowest BCUT2D eigenvalue weighted by Crippen LogP contribution is -2.71.